The predicted octanol–water partition coefficient (Wildman–Crippen LogP) is 2.38. The molecule has 13 heavy (non-hydrogen) atoms. The van der Waals surface area contributed by atoms with Crippen molar-refractivity contribution in [2.45, 2.75) is 32.2 Å². The van der Waals surface area contributed by atoms with Crippen LogP contribution in [0.1, 0.15) is 31.7 Å². The molecule has 0 aromatic carbocycles. The zero-order valence-corrected chi connectivity index (χ0v) is 9.03. The fourth-order valence-corrected chi connectivity index (χ4v) is 3.09. The highest BCUT2D eigenvalue weighted by Gasteiger charge is 2.46. The van der Waals surface area contributed by atoms with Crippen molar-refractivity contribution >= 4 is 11.3 Å². The highest BCUT2D eigenvalue weighted by Crippen LogP contribution is 2.46. The SMILES string of the molecule is CCNC1(c2nccs2)CCC1C. The van der Waals surface area contributed by atoms with Crippen molar-refractivity contribution in [2.75, 3.05) is 6.54 Å². The van der Waals surface area contributed by atoms with Crippen molar-refractivity contribution in [1.29, 1.82) is 0 Å². The van der Waals surface area contributed by atoms with Gasteiger partial charge in [-0.15, -0.1) is 11.3 Å². The molecule has 2 unspecified atom stereocenters. The van der Waals surface area contributed by atoms with Crippen LogP contribution in [0.2, 0.25) is 0 Å². The van der Waals surface area contributed by atoms with E-state index < -0.39 is 0 Å². The molecule has 0 bridgehead atoms. The molecule has 3 heteroatoms. The minimum atomic E-state index is 0.211. The van der Waals surface area contributed by atoms with E-state index in [1.54, 1.807) is 11.3 Å². The Hall–Kier alpha value is -0.410. The quantitative estimate of drug-likeness (QED) is 0.803. The summed E-state index contributed by atoms with van der Waals surface area (Å²) in [6.07, 6.45) is 4.48. The Balaban J connectivity index is 2.24. The Morgan fingerprint density at radius 2 is 2.62 bits per heavy atom. The first-order valence-corrected chi connectivity index (χ1v) is 5.82. The zero-order valence-electron chi connectivity index (χ0n) is 8.21. The second kappa shape index (κ2) is 3.39. The Labute approximate surface area is 83.4 Å². The van der Waals surface area contributed by atoms with Gasteiger partial charge in [0.2, 0.25) is 0 Å². The zero-order chi connectivity index (χ0) is 9.31. The van der Waals surface area contributed by atoms with Crippen molar-refractivity contribution in [1.82, 2.24) is 10.3 Å². The van der Waals surface area contributed by atoms with Gasteiger partial charge in [-0.05, 0) is 25.3 Å². The maximum Gasteiger partial charge on any atom is 0.113 e. The van der Waals surface area contributed by atoms with Gasteiger partial charge in [0.1, 0.15) is 5.01 Å². The predicted molar refractivity (Wildman–Crippen MR) is 55.9 cm³/mol. The molecule has 2 atom stereocenters. The van der Waals surface area contributed by atoms with E-state index in [0.29, 0.717) is 0 Å². The largest absolute Gasteiger partial charge is 0.305 e. The van der Waals surface area contributed by atoms with E-state index >= 15 is 0 Å². The number of rotatable bonds is 3. The summed E-state index contributed by atoms with van der Waals surface area (Å²) >= 11 is 1.78. The molecule has 1 aliphatic carbocycles. The highest BCUT2D eigenvalue weighted by atomic mass is 32.1. The molecule has 1 aliphatic rings. The topological polar surface area (TPSA) is 24.9 Å². The van der Waals surface area contributed by atoms with Crippen LogP contribution in [0, 0.1) is 5.92 Å². The fourth-order valence-electron chi connectivity index (χ4n) is 2.14. The van der Waals surface area contributed by atoms with E-state index in [-0.39, 0.29) is 5.54 Å². The van der Waals surface area contributed by atoms with E-state index in [4.69, 9.17) is 0 Å². The lowest BCUT2D eigenvalue weighted by atomic mass is 9.68. The van der Waals surface area contributed by atoms with Crippen molar-refractivity contribution in [3.05, 3.63) is 16.6 Å². The maximum atomic E-state index is 4.44. The van der Waals surface area contributed by atoms with Crippen LogP contribution in [0.5, 0.6) is 0 Å². The van der Waals surface area contributed by atoms with Crippen LogP contribution < -0.4 is 5.32 Å². The summed E-state index contributed by atoms with van der Waals surface area (Å²) in [5.74, 6) is 0.735. The molecule has 1 fully saturated rings. The standard InChI is InChI=1S/C10H16N2S/c1-3-12-10(5-4-8(10)2)9-11-6-7-13-9/h6-8,12H,3-5H2,1-2H3. The van der Waals surface area contributed by atoms with E-state index in [2.05, 4.69) is 29.5 Å². The average Bonchev–Trinajstić information content (AvgIpc) is 2.64. The summed E-state index contributed by atoms with van der Waals surface area (Å²) in [4.78, 5) is 4.44. The Bertz CT molecular complexity index is 270. The Morgan fingerprint density at radius 1 is 1.77 bits per heavy atom. The molecule has 0 radical (unpaired) electrons. The van der Waals surface area contributed by atoms with Gasteiger partial charge in [-0.1, -0.05) is 13.8 Å². The summed E-state index contributed by atoms with van der Waals surface area (Å²) in [7, 11) is 0. The first kappa shape index (κ1) is 9.16. The molecular formula is C10H16N2S. The molecule has 1 aromatic heterocycles. The monoisotopic (exact) mass is 196 g/mol. The van der Waals surface area contributed by atoms with E-state index in [9.17, 15) is 0 Å². The second-order valence-corrected chi connectivity index (χ2v) is 4.67. The van der Waals surface area contributed by atoms with Crippen LogP contribution in [0.25, 0.3) is 0 Å². The number of nitrogens with one attached hydrogen (secondary N) is 1. The molecule has 0 saturated heterocycles. The highest BCUT2D eigenvalue weighted by molar-refractivity contribution is 7.09. The first-order valence-electron chi connectivity index (χ1n) is 4.94. The van der Waals surface area contributed by atoms with Gasteiger partial charge in [0.15, 0.2) is 0 Å². The molecule has 1 heterocycles. The summed E-state index contributed by atoms with van der Waals surface area (Å²) in [5.41, 5.74) is 0.211. The van der Waals surface area contributed by atoms with Gasteiger partial charge in [0.05, 0.1) is 5.54 Å². The van der Waals surface area contributed by atoms with Crippen LogP contribution in [0.3, 0.4) is 0 Å². The molecule has 2 rings (SSSR count). The van der Waals surface area contributed by atoms with Crippen LogP contribution in [0.4, 0.5) is 0 Å². The van der Waals surface area contributed by atoms with Crippen LogP contribution in [-0.4, -0.2) is 11.5 Å². The Kier molecular flexibility index (Phi) is 2.39. The third-order valence-corrected chi connectivity index (χ3v) is 4.07. The van der Waals surface area contributed by atoms with Crippen molar-refractivity contribution in [2.24, 2.45) is 5.92 Å². The summed E-state index contributed by atoms with van der Waals surface area (Å²) in [6, 6.07) is 0. The van der Waals surface area contributed by atoms with E-state index in [0.717, 1.165) is 12.5 Å². The minimum Gasteiger partial charge on any atom is -0.305 e. The molecule has 72 valence electrons. The fraction of sp³-hybridized carbons (Fsp3) is 0.700. The smallest absolute Gasteiger partial charge is 0.113 e. The molecule has 1 aromatic rings. The minimum absolute atomic E-state index is 0.211. The normalized spacial score (nSPS) is 32.9. The van der Waals surface area contributed by atoms with Crippen LogP contribution >= 0.6 is 11.3 Å². The summed E-state index contributed by atoms with van der Waals surface area (Å²) in [5, 5.41) is 6.94. The van der Waals surface area contributed by atoms with Gasteiger partial charge in [-0.25, -0.2) is 4.98 Å². The first-order chi connectivity index (χ1) is 6.29. The second-order valence-electron chi connectivity index (χ2n) is 3.78. The lowest BCUT2D eigenvalue weighted by Gasteiger charge is -2.47. The average molecular weight is 196 g/mol. The number of hydrogen-bond acceptors (Lipinski definition) is 3. The molecular weight excluding hydrogens is 180 g/mol. The molecule has 0 aliphatic heterocycles. The molecule has 1 N–H and O–H groups in total. The van der Waals surface area contributed by atoms with Crippen molar-refractivity contribution < 1.29 is 0 Å². The van der Waals surface area contributed by atoms with Gasteiger partial charge >= 0.3 is 0 Å². The third kappa shape index (κ3) is 1.30. The molecule has 0 amide bonds. The van der Waals surface area contributed by atoms with E-state index in [1.165, 1.54) is 17.8 Å². The number of nitrogens with zero attached hydrogens (tertiary/aromatic N) is 1. The number of aromatic nitrogens is 1. The van der Waals surface area contributed by atoms with Crippen LogP contribution in [0.15, 0.2) is 11.6 Å². The van der Waals surface area contributed by atoms with Gasteiger partial charge in [0, 0.05) is 11.6 Å². The Morgan fingerprint density at radius 3 is 3.00 bits per heavy atom. The lowest BCUT2D eigenvalue weighted by Crippen LogP contribution is -2.54. The van der Waals surface area contributed by atoms with Crippen molar-refractivity contribution in [3.63, 3.8) is 0 Å². The van der Waals surface area contributed by atoms with Gasteiger partial charge in [-0.3, -0.25) is 0 Å². The molecule has 2 nitrogen and oxygen atoms in total. The number of hydrogen-bond donors (Lipinski definition) is 1. The molecule has 1 saturated carbocycles. The lowest BCUT2D eigenvalue weighted by molar-refractivity contribution is 0.0968. The maximum absolute atomic E-state index is 4.44. The van der Waals surface area contributed by atoms with Crippen LogP contribution in [-0.2, 0) is 5.54 Å². The third-order valence-electron chi connectivity index (χ3n) is 3.12. The summed E-state index contributed by atoms with van der Waals surface area (Å²) < 4.78 is 0. The van der Waals surface area contributed by atoms with Gasteiger partial charge < -0.3 is 5.32 Å². The number of thiazole rings is 1. The van der Waals surface area contributed by atoms with E-state index in [1.807, 2.05) is 6.20 Å². The van der Waals surface area contributed by atoms with Gasteiger partial charge in [0.25, 0.3) is 0 Å². The molecule has 0 spiro atoms. The van der Waals surface area contributed by atoms with Gasteiger partial charge in [-0.2, -0.15) is 0 Å². The summed E-state index contributed by atoms with van der Waals surface area (Å²) in [6.45, 7) is 5.51. The van der Waals surface area contributed by atoms with Crippen molar-refractivity contribution in [3.8, 4) is 0 Å².